The molecular formula is C16H26N2O4. The number of nitrogens with zero attached hydrogens (tertiary/aromatic N) is 1. The number of hydrogen-bond acceptors (Lipinski definition) is 4. The van der Waals surface area contributed by atoms with Gasteiger partial charge < -0.3 is 10.1 Å². The minimum atomic E-state index is -0.448. The molecule has 0 saturated carbocycles. The summed E-state index contributed by atoms with van der Waals surface area (Å²) in [4.78, 5) is 45.8. The van der Waals surface area contributed by atoms with E-state index >= 15 is 0 Å². The Morgan fingerprint density at radius 3 is 2.32 bits per heavy atom. The largest absolute Gasteiger partial charge is 0.346 e. The van der Waals surface area contributed by atoms with Crippen LogP contribution in [0.3, 0.4) is 0 Å². The van der Waals surface area contributed by atoms with Crippen molar-refractivity contribution >= 4 is 24.5 Å². The third kappa shape index (κ3) is 8.34. The second-order valence-electron chi connectivity index (χ2n) is 5.42. The first-order chi connectivity index (χ1) is 10.5. The fraction of sp³-hybridized carbons (Fsp3) is 0.625. The van der Waals surface area contributed by atoms with Crippen LogP contribution >= 0.6 is 0 Å². The zero-order chi connectivity index (χ0) is 17.0. The molecule has 3 amide bonds. The lowest BCUT2D eigenvalue weighted by Crippen LogP contribution is -2.39. The Kier molecular flexibility index (Phi) is 10.6. The van der Waals surface area contributed by atoms with Crippen molar-refractivity contribution in [3.8, 4) is 0 Å². The Bertz CT molecular complexity index is 405. The summed E-state index contributed by atoms with van der Waals surface area (Å²) in [5.74, 6) is -0.413. The maximum Gasteiger partial charge on any atom is 0.252 e. The topological polar surface area (TPSA) is 83.6 Å². The Balaban J connectivity index is 3.93. The lowest BCUT2D eigenvalue weighted by molar-refractivity contribution is -0.134. The highest BCUT2D eigenvalue weighted by molar-refractivity contribution is 5.94. The van der Waals surface area contributed by atoms with Gasteiger partial charge in [0.05, 0.1) is 6.04 Å². The van der Waals surface area contributed by atoms with Crippen LogP contribution in [0.15, 0.2) is 12.2 Å². The molecule has 6 heteroatoms. The van der Waals surface area contributed by atoms with E-state index in [2.05, 4.69) is 5.32 Å². The van der Waals surface area contributed by atoms with Crippen LogP contribution in [0.25, 0.3) is 0 Å². The molecule has 124 valence electrons. The van der Waals surface area contributed by atoms with Gasteiger partial charge in [-0.05, 0) is 31.8 Å². The van der Waals surface area contributed by atoms with Crippen molar-refractivity contribution in [2.24, 2.45) is 5.92 Å². The number of hydrogen-bond donors (Lipinski definition) is 1. The van der Waals surface area contributed by atoms with E-state index in [0.29, 0.717) is 32.2 Å². The Morgan fingerprint density at radius 2 is 1.82 bits per heavy atom. The number of amides is 3. The van der Waals surface area contributed by atoms with E-state index in [0.717, 1.165) is 17.6 Å². The predicted octanol–water partition coefficient (Wildman–Crippen LogP) is 1.45. The molecule has 0 aromatic heterocycles. The van der Waals surface area contributed by atoms with Crippen molar-refractivity contribution in [2.75, 3.05) is 6.54 Å². The normalized spacial score (nSPS) is 12.2. The second kappa shape index (κ2) is 11.7. The van der Waals surface area contributed by atoms with Crippen molar-refractivity contribution in [3.63, 3.8) is 0 Å². The van der Waals surface area contributed by atoms with Gasteiger partial charge in [-0.15, -0.1) is 0 Å². The van der Waals surface area contributed by atoms with E-state index < -0.39 is 6.04 Å². The molecular weight excluding hydrogens is 284 g/mol. The van der Waals surface area contributed by atoms with E-state index in [4.69, 9.17) is 0 Å². The molecule has 6 nitrogen and oxygen atoms in total. The van der Waals surface area contributed by atoms with Crippen molar-refractivity contribution in [3.05, 3.63) is 12.2 Å². The number of imide groups is 1. The summed E-state index contributed by atoms with van der Waals surface area (Å²) in [6.45, 7) is 5.80. The van der Waals surface area contributed by atoms with E-state index in [1.807, 2.05) is 13.8 Å². The SMILES string of the molecule is C/C=C\C(=O)N(C=O)CCCCCC(=O)NC(C=O)C(C)C. The molecule has 0 aliphatic carbocycles. The van der Waals surface area contributed by atoms with Crippen LogP contribution in [0.1, 0.15) is 46.5 Å². The third-order valence-electron chi connectivity index (χ3n) is 3.21. The van der Waals surface area contributed by atoms with Gasteiger partial charge in [-0.25, -0.2) is 0 Å². The van der Waals surface area contributed by atoms with Gasteiger partial charge >= 0.3 is 0 Å². The minimum Gasteiger partial charge on any atom is -0.346 e. The molecule has 0 aromatic carbocycles. The van der Waals surface area contributed by atoms with Crippen LogP contribution in [0.2, 0.25) is 0 Å². The van der Waals surface area contributed by atoms with Crippen LogP contribution in [0.5, 0.6) is 0 Å². The Morgan fingerprint density at radius 1 is 1.14 bits per heavy atom. The number of aldehydes is 1. The fourth-order valence-electron chi connectivity index (χ4n) is 1.81. The van der Waals surface area contributed by atoms with Gasteiger partial charge in [-0.2, -0.15) is 0 Å². The molecule has 0 rings (SSSR count). The first-order valence-corrected chi connectivity index (χ1v) is 7.59. The Hall–Kier alpha value is -1.98. The van der Waals surface area contributed by atoms with Crippen LogP contribution < -0.4 is 5.32 Å². The summed E-state index contributed by atoms with van der Waals surface area (Å²) >= 11 is 0. The first-order valence-electron chi connectivity index (χ1n) is 7.59. The molecule has 1 N–H and O–H groups in total. The zero-order valence-corrected chi connectivity index (χ0v) is 13.6. The van der Waals surface area contributed by atoms with Gasteiger partial charge in [-0.3, -0.25) is 19.3 Å². The number of unbranched alkanes of at least 4 members (excludes halogenated alkanes) is 2. The maximum absolute atomic E-state index is 11.7. The molecule has 0 aliphatic rings. The summed E-state index contributed by atoms with van der Waals surface area (Å²) in [6.07, 6.45) is 6.56. The van der Waals surface area contributed by atoms with Crippen LogP contribution in [-0.2, 0) is 19.2 Å². The number of rotatable bonds is 11. The molecule has 22 heavy (non-hydrogen) atoms. The van der Waals surface area contributed by atoms with Crippen molar-refractivity contribution in [2.45, 2.75) is 52.5 Å². The van der Waals surface area contributed by atoms with Gasteiger partial charge in [0.1, 0.15) is 6.29 Å². The summed E-state index contributed by atoms with van der Waals surface area (Å²) in [6, 6.07) is -0.448. The minimum absolute atomic E-state index is 0.0697. The summed E-state index contributed by atoms with van der Waals surface area (Å²) in [7, 11) is 0. The summed E-state index contributed by atoms with van der Waals surface area (Å²) in [5.41, 5.74) is 0. The smallest absolute Gasteiger partial charge is 0.252 e. The molecule has 1 atom stereocenters. The van der Waals surface area contributed by atoms with Crippen molar-refractivity contribution in [1.82, 2.24) is 10.2 Å². The molecule has 0 fully saturated rings. The molecule has 0 aromatic rings. The molecule has 0 heterocycles. The number of carbonyl (C=O) groups excluding carboxylic acids is 4. The standard InChI is InChI=1S/C16H26N2O4/c1-4-8-16(22)18(12-20)10-7-5-6-9-15(21)17-14(11-19)13(2)3/h4,8,11-14H,5-7,9-10H2,1-3H3,(H,17,21)/b8-4-. The van der Waals surface area contributed by atoms with Crippen molar-refractivity contribution < 1.29 is 19.2 Å². The van der Waals surface area contributed by atoms with E-state index in [1.54, 1.807) is 13.0 Å². The average Bonchev–Trinajstić information content (AvgIpc) is 2.48. The zero-order valence-electron chi connectivity index (χ0n) is 13.6. The second-order valence-corrected chi connectivity index (χ2v) is 5.42. The van der Waals surface area contributed by atoms with E-state index in [-0.39, 0.29) is 17.7 Å². The Labute approximate surface area is 131 Å². The van der Waals surface area contributed by atoms with Gasteiger partial charge in [0, 0.05) is 13.0 Å². The monoisotopic (exact) mass is 310 g/mol. The average molecular weight is 310 g/mol. The molecule has 0 spiro atoms. The number of carbonyl (C=O) groups is 4. The van der Waals surface area contributed by atoms with Crippen LogP contribution in [0, 0.1) is 5.92 Å². The summed E-state index contributed by atoms with van der Waals surface area (Å²) < 4.78 is 0. The van der Waals surface area contributed by atoms with Gasteiger partial charge in [0.15, 0.2) is 0 Å². The first kappa shape index (κ1) is 20.0. The lowest BCUT2D eigenvalue weighted by atomic mass is 10.1. The predicted molar refractivity (Wildman–Crippen MR) is 83.9 cm³/mol. The summed E-state index contributed by atoms with van der Waals surface area (Å²) in [5, 5.41) is 2.68. The fourth-order valence-corrected chi connectivity index (χ4v) is 1.81. The van der Waals surface area contributed by atoms with E-state index in [1.165, 1.54) is 6.08 Å². The highest BCUT2D eigenvalue weighted by Crippen LogP contribution is 2.04. The maximum atomic E-state index is 11.7. The van der Waals surface area contributed by atoms with Crippen LogP contribution in [-0.4, -0.2) is 42.0 Å². The third-order valence-corrected chi connectivity index (χ3v) is 3.21. The van der Waals surface area contributed by atoms with Crippen LogP contribution in [0.4, 0.5) is 0 Å². The molecule has 0 radical (unpaired) electrons. The molecule has 1 unspecified atom stereocenters. The van der Waals surface area contributed by atoms with E-state index in [9.17, 15) is 19.2 Å². The molecule has 0 aliphatic heterocycles. The van der Waals surface area contributed by atoms with Crippen molar-refractivity contribution in [1.29, 1.82) is 0 Å². The number of allylic oxidation sites excluding steroid dienone is 1. The van der Waals surface area contributed by atoms with Gasteiger partial charge in [0.2, 0.25) is 12.3 Å². The highest BCUT2D eigenvalue weighted by atomic mass is 16.2. The quantitative estimate of drug-likeness (QED) is 0.356. The molecule has 0 saturated heterocycles. The van der Waals surface area contributed by atoms with Gasteiger partial charge in [-0.1, -0.05) is 26.3 Å². The number of nitrogens with one attached hydrogen (secondary N) is 1. The molecule has 0 bridgehead atoms. The van der Waals surface area contributed by atoms with Gasteiger partial charge in [0.25, 0.3) is 5.91 Å². The highest BCUT2D eigenvalue weighted by Gasteiger charge is 2.14. The lowest BCUT2D eigenvalue weighted by Gasteiger charge is -2.16.